The number of aliphatic hydroxyl groups excluding tert-OH is 1. The van der Waals surface area contributed by atoms with Gasteiger partial charge in [0.05, 0.1) is 6.10 Å². The maximum atomic E-state index is 13.2. The predicted octanol–water partition coefficient (Wildman–Crippen LogP) is 2.17. The van der Waals surface area contributed by atoms with Crippen LogP contribution in [0.2, 0.25) is 0 Å². The molecule has 0 bridgehead atoms. The Labute approximate surface area is 95.5 Å². The van der Waals surface area contributed by atoms with Crippen LogP contribution in [0.25, 0.3) is 0 Å². The van der Waals surface area contributed by atoms with Crippen molar-refractivity contribution < 1.29 is 9.50 Å². The van der Waals surface area contributed by atoms with Crippen LogP contribution in [0, 0.1) is 18.7 Å². The number of benzene rings is 1. The molecule has 88 valence electrons. The number of hydrogen-bond acceptors (Lipinski definition) is 2. The summed E-state index contributed by atoms with van der Waals surface area (Å²) < 4.78 is 13.2. The summed E-state index contributed by atoms with van der Waals surface area (Å²) in [6.07, 6.45) is 1.53. The zero-order chi connectivity index (χ0) is 11.5. The van der Waals surface area contributed by atoms with E-state index in [0.717, 1.165) is 31.5 Å². The fourth-order valence-electron chi connectivity index (χ4n) is 2.36. The Morgan fingerprint density at radius 1 is 1.44 bits per heavy atom. The third-order valence-electron chi connectivity index (χ3n) is 3.19. The smallest absolute Gasteiger partial charge is 0.123 e. The van der Waals surface area contributed by atoms with Crippen LogP contribution in [0.15, 0.2) is 18.2 Å². The van der Waals surface area contributed by atoms with E-state index in [0.29, 0.717) is 5.56 Å². The molecular formula is C13H18FNO. The average Bonchev–Trinajstić information content (AvgIpc) is 2.28. The molecule has 1 heterocycles. The molecule has 2 N–H and O–H groups in total. The Balaban J connectivity index is 2.15. The van der Waals surface area contributed by atoms with Gasteiger partial charge in [0.2, 0.25) is 0 Å². The molecule has 1 aromatic rings. The molecule has 0 spiro atoms. The highest BCUT2D eigenvalue weighted by molar-refractivity contribution is 5.25. The predicted molar refractivity (Wildman–Crippen MR) is 61.7 cm³/mol. The van der Waals surface area contributed by atoms with Gasteiger partial charge in [-0.05, 0) is 49.6 Å². The quantitative estimate of drug-likeness (QED) is 0.805. The molecule has 1 aliphatic rings. The molecule has 1 aliphatic heterocycles. The van der Waals surface area contributed by atoms with E-state index in [2.05, 4.69) is 5.32 Å². The first-order chi connectivity index (χ1) is 7.66. The zero-order valence-electron chi connectivity index (χ0n) is 9.54. The van der Waals surface area contributed by atoms with E-state index in [9.17, 15) is 9.50 Å². The Kier molecular flexibility index (Phi) is 3.56. The van der Waals surface area contributed by atoms with Gasteiger partial charge in [0.15, 0.2) is 0 Å². The van der Waals surface area contributed by atoms with Crippen molar-refractivity contribution in [3.8, 4) is 0 Å². The first-order valence-electron chi connectivity index (χ1n) is 5.82. The lowest BCUT2D eigenvalue weighted by Crippen LogP contribution is -2.33. The summed E-state index contributed by atoms with van der Waals surface area (Å²) in [6, 6.07) is 4.78. The highest BCUT2D eigenvalue weighted by atomic mass is 19.1. The summed E-state index contributed by atoms with van der Waals surface area (Å²) in [5, 5.41) is 13.4. The van der Waals surface area contributed by atoms with E-state index in [1.807, 2.05) is 13.0 Å². The Bertz CT molecular complexity index is 341. The minimum atomic E-state index is -0.554. The molecule has 1 aromatic carbocycles. The molecule has 0 amide bonds. The number of aryl methyl sites for hydroxylation is 1. The zero-order valence-corrected chi connectivity index (χ0v) is 9.54. The molecule has 1 saturated heterocycles. The van der Waals surface area contributed by atoms with Gasteiger partial charge in [-0.15, -0.1) is 0 Å². The van der Waals surface area contributed by atoms with Crippen molar-refractivity contribution >= 4 is 0 Å². The van der Waals surface area contributed by atoms with E-state index in [-0.39, 0.29) is 11.7 Å². The van der Waals surface area contributed by atoms with Crippen LogP contribution < -0.4 is 5.32 Å². The van der Waals surface area contributed by atoms with E-state index in [4.69, 9.17) is 0 Å². The molecule has 1 unspecified atom stereocenters. The molecule has 0 radical (unpaired) electrons. The molecule has 0 aromatic heterocycles. The van der Waals surface area contributed by atoms with Crippen molar-refractivity contribution in [1.82, 2.24) is 5.32 Å². The monoisotopic (exact) mass is 223 g/mol. The van der Waals surface area contributed by atoms with E-state index in [1.54, 1.807) is 0 Å². The lowest BCUT2D eigenvalue weighted by Gasteiger charge is -2.27. The second-order valence-electron chi connectivity index (χ2n) is 4.61. The van der Waals surface area contributed by atoms with Crippen molar-refractivity contribution in [1.29, 1.82) is 0 Å². The van der Waals surface area contributed by atoms with Gasteiger partial charge in [0.1, 0.15) is 5.82 Å². The van der Waals surface area contributed by atoms with Gasteiger partial charge in [0.25, 0.3) is 0 Å². The van der Waals surface area contributed by atoms with Crippen LogP contribution in [0.5, 0.6) is 0 Å². The Morgan fingerprint density at radius 2 is 2.25 bits per heavy atom. The summed E-state index contributed by atoms with van der Waals surface area (Å²) >= 11 is 0. The van der Waals surface area contributed by atoms with Gasteiger partial charge >= 0.3 is 0 Å². The van der Waals surface area contributed by atoms with Crippen molar-refractivity contribution in [2.45, 2.75) is 25.9 Å². The largest absolute Gasteiger partial charge is 0.388 e. The molecule has 16 heavy (non-hydrogen) atoms. The lowest BCUT2D eigenvalue weighted by atomic mass is 9.89. The van der Waals surface area contributed by atoms with Crippen molar-refractivity contribution in [2.75, 3.05) is 13.1 Å². The van der Waals surface area contributed by atoms with Crippen molar-refractivity contribution in [3.05, 3.63) is 35.1 Å². The highest BCUT2D eigenvalue weighted by Crippen LogP contribution is 2.28. The van der Waals surface area contributed by atoms with Gasteiger partial charge in [0, 0.05) is 12.5 Å². The van der Waals surface area contributed by atoms with E-state index in [1.165, 1.54) is 12.1 Å². The molecule has 0 aliphatic carbocycles. The first-order valence-corrected chi connectivity index (χ1v) is 5.82. The molecule has 2 nitrogen and oxygen atoms in total. The van der Waals surface area contributed by atoms with E-state index < -0.39 is 6.10 Å². The summed E-state index contributed by atoms with van der Waals surface area (Å²) in [4.78, 5) is 0. The van der Waals surface area contributed by atoms with Crippen LogP contribution >= 0.6 is 0 Å². The molecule has 2 atom stereocenters. The van der Waals surface area contributed by atoms with Crippen LogP contribution in [0.4, 0.5) is 4.39 Å². The van der Waals surface area contributed by atoms with Gasteiger partial charge in [-0.3, -0.25) is 0 Å². The number of aliphatic hydroxyl groups is 1. The standard InChI is InChI=1S/C13H18FNO/c1-9-5-11(7-12(14)6-9)13(16)10-3-2-4-15-8-10/h5-7,10,13,15-16H,2-4,8H2,1H3/t10-,13?/m1/s1. The number of hydrogen-bond donors (Lipinski definition) is 2. The van der Waals surface area contributed by atoms with Crippen molar-refractivity contribution in [2.24, 2.45) is 5.92 Å². The number of rotatable bonds is 2. The lowest BCUT2D eigenvalue weighted by molar-refractivity contribution is 0.0918. The molecule has 2 rings (SSSR count). The first kappa shape index (κ1) is 11.6. The summed E-state index contributed by atoms with van der Waals surface area (Å²) in [6.45, 7) is 3.68. The maximum absolute atomic E-state index is 13.2. The van der Waals surface area contributed by atoms with Crippen LogP contribution in [0.1, 0.15) is 30.1 Å². The Hall–Kier alpha value is -0.930. The minimum Gasteiger partial charge on any atom is -0.388 e. The topological polar surface area (TPSA) is 32.3 Å². The molecule has 1 fully saturated rings. The molecule has 0 saturated carbocycles. The molecular weight excluding hydrogens is 205 g/mol. The van der Waals surface area contributed by atoms with E-state index >= 15 is 0 Å². The van der Waals surface area contributed by atoms with Crippen LogP contribution in [-0.4, -0.2) is 18.2 Å². The number of piperidine rings is 1. The second kappa shape index (κ2) is 4.93. The third-order valence-corrected chi connectivity index (χ3v) is 3.19. The normalized spacial score (nSPS) is 23.1. The maximum Gasteiger partial charge on any atom is 0.123 e. The van der Waals surface area contributed by atoms with Gasteiger partial charge in [-0.25, -0.2) is 4.39 Å². The third kappa shape index (κ3) is 2.60. The minimum absolute atomic E-state index is 0.204. The average molecular weight is 223 g/mol. The number of nitrogens with one attached hydrogen (secondary N) is 1. The molecule has 3 heteroatoms. The summed E-state index contributed by atoms with van der Waals surface area (Å²) in [7, 11) is 0. The fourth-order valence-corrected chi connectivity index (χ4v) is 2.36. The van der Waals surface area contributed by atoms with Gasteiger partial charge < -0.3 is 10.4 Å². The van der Waals surface area contributed by atoms with Crippen LogP contribution in [0.3, 0.4) is 0 Å². The van der Waals surface area contributed by atoms with Crippen LogP contribution in [-0.2, 0) is 0 Å². The van der Waals surface area contributed by atoms with Gasteiger partial charge in [-0.2, -0.15) is 0 Å². The number of halogens is 1. The fraction of sp³-hybridized carbons (Fsp3) is 0.538. The highest BCUT2D eigenvalue weighted by Gasteiger charge is 2.23. The Morgan fingerprint density at radius 3 is 2.88 bits per heavy atom. The SMILES string of the molecule is Cc1cc(F)cc(C(O)[C@@H]2CCCNC2)c1. The van der Waals surface area contributed by atoms with Crippen molar-refractivity contribution in [3.63, 3.8) is 0 Å². The van der Waals surface area contributed by atoms with Gasteiger partial charge in [-0.1, -0.05) is 6.07 Å². The summed E-state index contributed by atoms with van der Waals surface area (Å²) in [5.41, 5.74) is 1.56. The summed E-state index contributed by atoms with van der Waals surface area (Å²) in [5.74, 6) is -0.0623. The second-order valence-corrected chi connectivity index (χ2v) is 4.61.